The number of carbonyl (C=O) groups is 1. The molecule has 5 heteroatoms. The van der Waals surface area contributed by atoms with Gasteiger partial charge in [0.15, 0.2) is 0 Å². The molecule has 0 fully saturated rings. The van der Waals surface area contributed by atoms with Crippen molar-refractivity contribution in [3.8, 4) is 5.75 Å². The van der Waals surface area contributed by atoms with Gasteiger partial charge in [0.25, 0.3) is 0 Å². The predicted octanol–water partition coefficient (Wildman–Crippen LogP) is 0.984. The van der Waals surface area contributed by atoms with Crippen LogP contribution in [0.5, 0.6) is 5.75 Å². The zero-order valence-electron chi connectivity index (χ0n) is 12.3. The highest BCUT2D eigenvalue weighted by Gasteiger charge is 2.28. The standard InChI is InChI=1S/C15H22N2O3/c1-16(2)9-13-10-20-14-7-5-4-6-12(14)8-17(13)15(18)11-19-3/h4-7,13H,8-11H2,1-3H3/t13-/m1/s1. The molecule has 1 atom stereocenters. The minimum Gasteiger partial charge on any atom is -0.491 e. The molecule has 0 spiro atoms. The average Bonchev–Trinajstić information content (AvgIpc) is 2.59. The summed E-state index contributed by atoms with van der Waals surface area (Å²) in [6.45, 7) is 1.94. The lowest BCUT2D eigenvalue weighted by molar-refractivity contribution is -0.138. The minimum absolute atomic E-state index is 0.000321. The number of ether oxygens (including phenoxy) is 2. The molecule has 2 rings (SSSR count). The molecule has 1 aromatic rings. The van der Waals surface area contributed by atoms with Crippen molar-refractivity contribution in [1.82, 2.24) is 9.80 Å². The number of fused-ring (bicyclic) bond motifs is 1. The molecule has 5 nitrogen and oxygen atoms in total. The van der Waals surface area contributed by atoms with Gasteiger partial charge >= 0.3 is 0 Å². The summed E-state index contributed by atoms with van der Waals surface area (Å²) in [4.78, 5) is 16.2. The Morgan fingerprint density at radius 1 is 1.45 bits per heavy atom. The maximum Gasteiger partial charge on any atom is 0.249 e. The van der Waals surface area contributed by atoms with Crippen LogP contribution < -0.4 is 4.74 Å². The van der Waals surface area contributed by atoms with E-state index in [9.17, 15) is 4.79 Å². The van der Waals surface area contributed by atoms with E-state index >= 15 is 0 Å². The van der Waals surface area contributed by atoms with E-state index in [0.717, 1.165) is 17.9 Å². The van der Waals surface area contributed by atoms with Crippen LogP contribution in [-0.4, -0.2) is 62.7 Å². The molecule has 1 aliphatic rings. The lowest BCUT2D eigenvalue weighted by Crippen LogP contribution is -2.48. The molecule has 0 saturated heterocycles. The molecule has 0 N–H and O–H groups in total. The molecule has 1 heterocycles. The van der Waals surface area contributed by atoms with Gasteiger partial charge in [-0.2, -0.15) is 0 Å². The molecule has 1 aromatic carbocycles. The Morgan fingerprint density at radius 2 is 2.20 bits per heavy atom. The van der Waals surface area contributed by atoms with Gasteiger partial charge < -0.3 is 19.3 Å². The van der Waals surface area contributed by atoms with Crippen molar-refractivity contribution < 1.29 is 14.3 Å². The van der Waals surface area contributed by atoms with E-state index in [2.05, 4.69) is 4.90 Å². The molecule has 0 aliphatic carbocycles. The number of amides is 1. The Bertz CT molecular complexity index is 462. The number of carbonyl (C=O) groups excluding carboxylic acids is 1. The Balaban J connectivity index is 2.23. The molecule has 0 radical (unpaired) electrons. The zero-order valence-corrected chi connectivity index (χ0v) is 12.3. The summed E-state index contributed by atoms with van der Waals surface area (Å²) in [6.07, 6.45) is 0. The summed E-state index contributed by atoms with van der Waals surface area (Å²) in [5.74, 6) is 0.864. The summed E-state index contributed by atoms with van der Waals surface area (Å²) in [5, 5.41) is 0. The summed E-state index contributed by atoms with van der Waals surface area (Å²) < 4.78 is 10.9. The largest absolute Gasteiger partial charge is 0.491 e. The van der Waals surface area contributed by atoms with Crippen molar-refractivity contribution in [2.24, 2.45) is 0 Å². The second kappa shape index (κ2) is 6.72. The van der Waals surface area contributed by atoms with E-state index in [-0.39, 0.29) is 18.6 Å². The number of para-hydroxylation sites is 1. The van der Waals surface area contributed by atoms with Gasteiger partial charge in [-0.1, -0.05) is 18.2 Å². The van der Waals surface area contributed by atoms with Crippen LogP contribution in [0.25, 0.3) is 0 Å². The normalized spacial score (nSPS) is 18.4. The molecule has 0 unspecified atom stereocenters. The number of benzene rings is 1. The van der Waals surface area contributed by atoms with Gasteiger partial charge in [0.05, 0.1) is 6.04 Å². The highest BCUT2D eigenvalue weighted by Crippen LogP contribution is 2.25. The van der Waals surface area contributed by atoms with Crippen LogP contribution in [0.4, 0.5) is 0 Å². The van der Waals surface area contributed by atoms with E-state index in [1.54, 1.807) is 7.11 Å². The lowest BCUT2D eigenvalue weighted by atomic mass is 10.1. The van der Waals surface area contributed by atoms with Gasteiger partial charge in [-0.3, -0.25) is 4.79 Å². The summed E-state index contributed by atoms with van der Waals surface area (Å²) in [5.41, 5.74) is 1.04. The first-order valence-electron chi connectivity index (χ1n) is 6.75. The fourth-order valence-corrected chi connectivity index (χ4v) is 2.43. The van der Waals surface area contributed by atoms with Crippen LogP contribution in [0.2, 0.25) is 0 Å². The first-order valence-corrected chi connectivity index (χ1v) is 6.75. The molecule has 0 saturated carbocycles. The summed E-state index contributed by atoms with van der Waals surface area (Å²) in [6, 6.07) is 7.90. The molecular formula is C15H22N2O3. The monoisotopic (exact) mass is 278 g/mol. The molecule has 1 amide bonds. The number of methoxy groups -OCH3 is 1. The summed E-state index contributed by atoms with van der Waals surface area (Å²) >= 11 is 0. The van der Waals surface area contributed by atoms with Gasteiger partial charge in [0.1, 0.15) is 19.0 Å². The van der Waals surface area contributed by atoms with E-state index in [1.165, 1.54) is 0 Å². The van der Waals surface area contributed by atoms with Gasteiger partial charge in [0.2, 0.25) is 5.91 Å². The van der Waals surface area contributed by atoms with Crippen molar-refractivity contribution in [3.05, 3.63) is 29.8 Å². The van der Waals surface area contributed by atoms with Crippen molar-refractivity contribution in [1.29, 1.82) is 0 Å². The van der Waals surface area contributed by atoms with Crippen molar-refractivity contribution >= 4 is 5.91 Å². The van der Waals surface area contributed by atoms with Crippen LogP contribution in [-0.2, 0) is 16.1 Å². The number of likely N-dealkylation sites (N-methyl/N-ethyl adjacent to an activating group) is 1. The number of hydrogen-bond acceptors (Lipinski definition) is 4. The third-order valence-electron chi connectivity index (χ3n) is 3.35. The molecule has 20 heavy (non-hydrogen) atoms. The first kappa shape index (κ1) is 14.8. The van der Waals surface area contributed by atoms with Crippen LogP contribution in [0, 0.1) is 0 Å². The Kier molecular flexibility index (Phi) is 4.98. The van der Waals surface area contributed by atoms with Crippen molar-refractivity contribution in [3.63, 3.8) is 0 Å². The smallest absolute Gasteiger partial charge is 0.249 e. The highest BCUT2D eigenvalue weighted by atomic mass is 16.5. The number of nitrogens with zero attached hydrogens (tertiary/aromatic N) is 2. The van der Waals surface area contributed by atoms with Gasteiger partial charge in [-0.25, -0.2) is 0 Å². The third-order valence-corrected chi connectivity index (χ3v) is 3.35. The minimum atomic E-state index is -0.000321. The second-order valence-corrected chi connectivity index (χ2v) is 5.29. The average molecular weight is 278 g/mol. The van der Waals surface area contributed by atoms with Crippen molar-refractivity contribution in [2.45, 2.75) is 12.6 Å². The number of rotatable bonds is 4. The van der Waals surface area contributed by atoms with Crippen LogP contribution in [0.15, 0.2) is 24.3 Å². The van der Waals surface area contributed by atoms with E-state index in [4.69, 9.17) is 9.47 Å². The van der Waals surface area contributed by atoms with Gasteiger partial charge in [-0.15, -0.1) is 0 Å². The quantitative estimate of drug-likeness (QED) is 0.823. The van der Waals surface area contributed by atoms with E-state index < -0.39 is 0 Å². The second-order valence-electron chi connectivity index (χ2n) is 5.29. The van der Waals surface area contributed by atoms with Crippen LogP contribution in [0.3, 0.4) is 0 Å². The van der Waals surface area contributed by atoms with Crippen molar-refractivity contribution in [2.75, 3.05) is 41.0 Å². The van der Waals surface area contributed by atoms with Gasteiger partial charge in [-0.05, 0) is 20.2 Å². The first-order chi connectivity index (χ1) is 9.61. The highest BCUT2D eigenvalue weighted by molar-refractivity contribution is 5.78. The fourth-order valence-electron chi connectivity index (χ4n) is 2.43. The predicted molar refractivity (Wildman–Crippen MR) is 76.7 cm³/mol. The maximum atomic E-state index is 12.3. The Morgan fingerprint density at radius 3 is 2.90 bits per heavy atom. The molecule has 0 aromatic heterocycles. The van der Waals surface area contributed by atoms with Gasteiger partial charge in [0, 0.05) is 25.8 Å². The summed E-state index contributed by atoms with van der Waals surface area (Å²) in [7, 11) is 5.54. The molecular weight excluding hydrogens is 256 g/mol. The maximum absolute atomic E-state index is 12.3. The Labute approximate surface area is 120 Å². The molecule has 0 bridgehead atoms. The topological polar surface area (TPSA) is 42.0 Å². The SMILES string of the molecule is COCC(=O)N1Cc2ccccc2OC[C@H]1CN(C)C. The fraction of sp³-hybridized carbons (Fsp3) is 0.533. The van der Waals surface area contributed by atoms with E-state index in [0.29, 0.717) is 13.2 Å². The van der Waals surface area contributed by atoms with Crippen LogP contribution in [0.1, 0.15) is 5.56 Å². The lowest BCUT2D eigenvalue weighted by Gasteiger charge is -2.31. The number of hydrogen-bond donors (Lipinski definition) is 0. The molecule has 1 aliphatic heterocycles. The molecule has 110 valence electrons. The van der Waals surface area contributed by atoms with Crippen LogP contribution >= 0.6 is 0 Å². The third kappa shape index (κ3) is 3.49. The van der Waals surface area contributed by atoms with E-state index in [1.807, 2.05) is 43.3 Å². The Hall–Kier alpha value is -1.59. The zero-order chi connectivity index (χ0) is 14.5.